The normalized spacial score (nSPS) is 22.5. The van der Waals surface area contributed by atoms with Gasteiger partial charge in [0.15, 0.2) is 12.2 Å². The molecule has 33 heavy (non-hydrogen) atoms. The summed E-state index contributed by atoms with van der Waals surface area (Å²) in [6.07, 6.45) is 1.38. The summed E-state index contributed by atoms with van der Waals surface area (Å²) >= 11 is 0. The van der Waals surface area contributed by atoms with E-state index in [1.54, 1.807) is 23.3 Å². The summed E-state index contributed by atoms with van der Waals surface area (Å²) in [5.41, 5.74) is -0.0223. The monoisotopic (exact) mass is 460 g/mol. The number of hydrogen-bond acceptors (Lipinski definition) is 7. The smallest absolute Gasteiger partial charge is 0.341 e. The standard InChI is InChI=1S/C23H25FN2O7/c1-10-19-15(21(29)16(23(30)31)8-26(19)14-5-6-14)7-17(24)20(10)25-9-18(32-12(3)27)22(11(25)2)33-13(4)28/h7-8,11,14,18,22H,5-6,9H2,1-4H3,(H,30,31). The van der Waals surface area contributed by atoms with Crippen LogP contribution in [0.25, 0.3) is 10.9 Å². The van der Waals surface area contributed by atoms with Gasteiger partial charge in [0, 0.05) is 31.5 Å². The fourth-order valence-corrected chi connectivity index (χ4v) is 4.75. The molecule has 1 aliphatic heterocycles. The molecule has 1 aromatic heterocycles. The quantitative estimate of drug-likeness (QED) is 0.677. The van der Waals surface area contributed by atoms with Gasteiger partial charge in [-0.3, -0.25) is 14.4 Å². The summed E-state index contributed by atoms with van der Waals surface area (Å²) in [4.78, 5) is 49.3. The lowest BCUT2D eigenvalue weighted by molar-refractivity contribution is -0.162. The fourth-order valence-electron chi connectivity index (χ4n) is 4.75. The second kappa shape index (κ2) is 8.17. The molecule has 2 fully saturated rings. The van der Waals surface area contributed by atoms with Crippen molar-refractivity contribution in [3.63, 3.8) is 0 Å². The average molecular weight is 460 g/mol. The van der Waals surface area contributed by atoms with Crippen LogP contribution in [0.2, 0.25) is 0 Å². The number of nitrogens with zero attached hydrogens (tertiary/aromatic N) is 2. The Balaban J connectivity index is 1.89. The molecule has 3 atom stereocenters. The molecule has 2 aliphatic rings. The molecular weight excluding hydrogens is 435 g/mol. The van der Waals surface area contributed by atoms with Gasteiger partial charge in [-0.25, -0.2) is 9.18 Å². The van der Waals surface area contributed by atoms with Crippen LogP contribution in [0.3, 0.4) is 0 Å². The number of carboxylic acids is 1. The van der Waals surface area contributed by atoms with Crippen molar-refractivity contribution in [1.82, 2.24) is 4.57 Å². The Kier molecular flexibility index (Phi) is 5.63. The Morgan fingerprint density at radius 1 is 1.15 bits per heavy atom. The van der Waals surface area contributed by atoms with E-state index in [1.165, 1.54) is 20.0 Å². The van der Waals surface area contributed by atoms with Crippen LogP contribution in [-0.2, 0) is 19.1 Å². The van der Waals surface area contributed by atoms with Gasteiger partial charge in [-0.15, -0.1) is 0 Å². The average Bonchev–Trinajstić information content (AvgIpc) is 3.51. The molecular formula is C23H25FN2O7. The van der Waals surface area contributed by atoms with Crippen LogP contribution in [0.5, 0.6) is 0 Å². The summed E-state index contributed by atoms with van der Waals surface area (Å²) in [5, 5.41) is 9.46. The number of hydrogen-bond donors (Lipinski definition) is 1. The van der Waals surface area contributed by atoms with Gasteiger partial charge in [0.2, 0.25) is 5.43 Å². The van der Waals surface area contributed by atoms with Crippen LogP contribution < -0.4 is 10.3 Å². The number of esters is 2. The van der Waals surface area contributed by atoms with Crippen molar-refractivity contribution in [2.45, 2.75) is 64.8 Å². The van der Waals surface area contributed by atoms with Crippen molar-refractivity contribution in [1.29, 1.82) is 0 Å². The maximum atomic E-state index is 15.5. The number of ether oxygens (including phenoxy) is 2. The number of carbonyl (C=O) groups excluding carboxylic acids is 2. The third-order valence-corrected chi connectivity index (χ3v) is 6.27. The zero-order chi connectivity index (χ0) is 24.2. The molecule has 0 bridgehead atoms. The number of aromatic nitrogens is 1. The maximum Gasteiger partial charge on any atom is 0.341 e. The fraction of sp³-hybridized carbons (Fsp3) is 0.478. The first-order valence-electron chi connectivity index (χ1n) is 10.7. The Morgan fingerprint density at radius 3 is 2.33 bits per heavy atom. The number of aromatic carboxylic acids is 1. The molecule has 0 radical (unpaired) electrons. The zero-order valence-corrected chi connectivity index (χ0v) is 18.8. The maximum absolute atomic E-state index is 15.5. The van der Waals surface area contributed by atoms with Crippen LogP contribution in [0, 0.1) is 12.7 Å². The first-order valence-corrected chi connectivity index (χ1v) is 10.7. The van der Waals surface area contributed by atoms with Gasteiger partial charge in [-0.2, -0.15) is 0 Å². The van der Waals surface area contributed by atoms with Crippen LogP contribution in [0.4, 0.5) is 10.1 Å². The molecule has 3 unspecified atom stereocenters. The zero-order valence-electron chi connectivity index (χ0n) is 18.8. The number of carbonyl (C=O) groups is 3. The van der Waals surface area contributed by atoms with Crippen molar-refractivity contribution in [3.05, 3.63) is 39.4 Å². The summed E-state index contributed by atoms with van der Waals surface area (Å²) in [7, 11) is 0. The molecule has 10 heteroatoms. The number of pyridine rings is 1. The topological polar surface area (TPSA) is 115 Å². The number of fused-ring (bicyclic) bond motifs is 1. The first-order chi connectivity index (χ1) is 15.5. The van der Waals surface area contributed by atoms with Gasteiger partial charge in [-0.05, 0) is 38.3 Å². The van der Waals surface area contributed by atoms with E-state index in [2.05, 4.69) is 0 Å². The molecule has 0 amide bonds. The molecule has 1 N–H and O–H groups in total. The summed E-state index contributed by atoms with van der Waals surface area (Å²) in [6.45, 7) is 5.99. The van der Waals surface area contributed by atoms with Gasteiger partial charge in [0.05, 0.1) is 23.8 Å². The van der Waals surface area contributed by atoms with Crippen LogP contribution >= 0.6 is 0 Å². The van der Waals surface area contributed by atoms with Gasteiger partial charge < -0.3 is 24.0 Å². The predicted octanol–water partition coefficient (Wildman–Crippen LogP) is 2.55. The number of rotatable bonds is 5. The Morgan fingerprint density at radius 2 is 1.79 bits per heavy atom. The van der Waals surface area contributed by atoms with E-state index in [1.807, 2.05) is 0 Å². The van der Waals surface area contributed by atoms with Gasteiger partial charge in [0.25, 0.3) is 0 Å². The van der Waals surface area contributed by atoms with E-state index in [4.69, 9.17) is 9.47 Å². The minimum atomic E-state index is -1.36. The highest BCUT2D eigenvalue weighted by atomic mass is 19.1. The van der Waals surface area contributed by atoms with E-state index in [9.17, 15) is 24.3 Å². The van der Waals surface area contributed by atoms with Crippen molar-refractivity contribution in [2.24, 2.45) is 0 Å². The third kappa shape index (κ3) is 3.94. The minimum Gasteiger partial charge on any atom is -0.477 e. The lowest BCUT2D eigenvalue weighted by atomic mass is 10.0. The first kappa shape index (κ1) is 22.8. The van der Waals surface area contributed by atoms with E-state index >= 15 is 4.39 Å². The highest BCUT2D eigenvalue weighted by Crippen LogP contribution is 2.41. The second-order valence-corrected chi connectivity index (χ2v) is 8.66. The lowest BCUT2D eigenvalue weighted by Crippen LogP contribution is -2.38. The lowest BCUT2D eigenvalue weighted by Gasteiger charge is -2.28. The van der Waals surface area contributed by atoms with Crippen LogP contribution in [0.15, 0.2) is 17.1 Å². The molecule has 9 nitrogen and oxygen atoms in total. The Labute approximate surface area is 188 Å². The van der Waals surface area contributed by atoms with Crippen molar-refractivity contribution < 1.29 is 33.4 Å². The van der Waals surface area contributed by atoms with Crippen LogP contribution in [0.1, 0.15) is 55.6 Å². The van der Waals surface area contributed by atoms with Crippen LogP contribution in [-0.4, -0.2) is 52.4 Å². The van der Waals surface area contributed by atoms with Crippen molar-refractivity contribution in [2.75, 3.05) is 11.4 Å². The Bertz CT molecular complexity index is 1230. The summed E-state index contributed by atoms with van der Waals surface area (Å²) in [6, 6.07) is 0.572. The van der Waals surface area contributed by atoms with E-state index in [-0.39, 0.29) is 23.7 Å². The largest absolute Gasteiger partial charge is 0.477 e. The van der Waals surface area contributed by atoms with E-state index < -0.39 is 53.0 Å². The molecule has 4 rings (SSSR count). The molecule has 0 spiro atoms. The van der Waals surface area contributed by atoms with Gasteiger partial charge >= 0.3 is 17.9 Å². The number of anilines is 1. The molecule has 2 aromatic rings. The Hall–Kier alpha value is -3.43. The summed E-state index contributed by atoms with van der Waals surface area (Å²) < 4.78 is 28.0. The van der Waals surface area contributed by atoms with Gasteiger partial charge in [0.1, 0.15) is 11.4 Å². The molecule has 176 valence electrons. The van der Waals surface area contributed by atoms with Gasteiger partial charge in [-0.1, -0.05) is 0 Å². The summed E-state index contributed by atoms with van der Waals surface area (Å²) in [5.74, 6) is -3.17. The predicted molar refractivity (Wildman–Crippen MR) is 116 cm³/mol. The third-order valence-electron chi connectivity index (χ3n) is 6.27. The van der Waals surface area contributed by atoms with Crippen molar-refractivity contribution in [3.8, 4) is 0 Å². The highest BCUT2D eigenvalue weighted by Gasteiger charge is 2.45. The number of carboxylic acid groups (broad SMARTS) is 1. The van der Waals surface area contributed by atoms with E-state index in [0.717, 1.165) is 18.9 Å². The second-order valence-electron chi connectivity index (χ2n) is 8.66. The molecule has 1 saturated carbocycles. The van der Waals surface area contributed by atoms with E-state index in [0.29, 0.717) is 11.1 Å². The number of benzene rings is 1. The molecule has 1 aliphatic carbocycles. The number of halogens is 1. The van der Waals surface area contributed by atoms with Crippen molar-refractivity contribution >= 4 is 34.5 Å². The highest BCUT2D eigenvalue weighted by molar-refractivity contribution is 5.95. The number of aryl methyl sites for hydroxylation is 1. The molecule has 1 aromatic carbocycles. The molecule has 1 saturated heterocycles. The SMILES string of the molecule is CC(=O)OC1CN(c2c(F)cc3c(=O)c(C(=O)O)cn(C4CC4)c3c2C)C(C)C1OC(C)=O. The molecule has 2 heterocycles. The minimum absolute atomic E-state index is 0.000437.